The third-order valence-corrected chi connectivity index (χ3v) is 4.72. The average Bonchev–Trinajstić information content (AvgIpc) is 2.83. The summed E-state index contributed by atoms with van der Waals surface area (Å²) < 4.78 is 5.41. The fraction of sp³-hybridized carbons (Fsp3) is 1.00. The Bertz CT molecular complexity index is 203. The Balaban J connectivity index is 1.55. The number of hydrogen-bond acceptors (Lipinski definition) is 2. The summed E-state index contributed by atoms with van der Waals surface area (Å²) in [6, 6.07) is 0.798. The predicted molar refractivity (Wildman–Crippen MR) is 72.1 cm³/mol. The zero-order valence-electron chi connectivity index (χ0n) is 11.6. The number of hydrogen-bond donors (Lipinski definition) is 1. The molecule has 2 aliphatic rings. The molecule has 17 heavy (non-hydrogen) atoms. The molecule has 1 N–H and O–H groups in total. The molecule has 1 aliphatic carbocycles. The van der Waals surface area contributed by atoms with E-state index in [-0.39, 0.29) is 0 Å². The minimum atomic E-state index is 0.798. The van der Waals surface area contributed by atoms with Gasteiger partial charge >= 0.3 is 0 Å². The molecule has 2 fully saturated rings. The van der Waals surface area contributed by atoms with E-state index in [1.54, 1.807) is 0 Å². The Labute approximate surface area is 107 Å². The Hall–Kier alpha value is -0.0800. The van der Waals surface area contributed by atoms with Gasteiger partial charge in [0.05, 0.1) is 0 Å². The fourth-order valence-electron chi connectivity index (χ4n) is 3.29. The second-order valence-corrected chi connectivity index (χ2v) is 6.33. The van der Waals surface area contributed by atoms with Crippen molar-refractivity contribution in [1.29, 1.82) is 0 Å². The lowest BCUT2D eigenvalue weighted by atomic mass is 9.79. The van der Waals surface area contributed by atoms with Crippen molar-refractivity contribution in [3.8, 4) is 0 Å². The molecule has 0 aromatic rings. The SMILES string of the molecule is CC(C)C1CCC(NCCC2CCOC2)CC1. The van der Waals surface area contributed by atoms with E-state index >= 15 is 0 Å². The second kappa shape index (κ2) is 6.75. The van der Waals surface area contributed by atoms with E-state index in [1.807, 2.05) is 0 Å². The molecule has 1 atom stereocenters. The molecule has 0 amide bonds. The largest absolute Gasteiger partial charge is 0.381 e. The molecular formula is C15H29NO. The first-order valence-electron chi connectivity index (χ1n) is 7.57. The van der Waals surface area contributed by atoms with Gasteiger partial charge in [0.2, 0.25) is 0 Å². The first-order valence-corrected chi connectivity index (χ1v) is 7.57. The van der Waals surface area contributed by atoms with Crippen LogP contribution in [0.15, 0.2) is 0 Å². The summed E-state index contributed by atoms with van der Waals surface area (Å²) in [6.45, 7) is 7.94. The topological polar surface area (TPSA) is 21.3 Å². The van der Waals surface area contributed by atoms with Gasteiger partial charge in [-0.1, -0.05) is 13.8 Å². The lowest BCUT2D eigenvalue weighted by Gasteiger charge is -2.31. The molecule has 1 heterocycles. The van der Waals surface area contributed by atoms with Crippen LogP contribution in [0.3, 0.4) is 0 Å². The van der Waals surface area contributed by atoms with Gasteiger partial charge in [0.15, 0.2) is 0 Å². The normalized spacial score (nSPS) is 34.4. The highest BCUT2D eigenvalue weighted by Gasteiger charge is 2.23. The smallest absolute Gasteiger partial charge is 0.0495 e. The van der Waals surface area contributed by atoms with Crippen LogP contribution in [0.5, 0.6) is 0 Å². The van der Waals surface area contributed by atoms with E-state index in [0.29, 0.717) is 0 Å². The summed E-state index contributed by atoms with van der Waals surface area (Å²) in [7, 11) is 0. The maximum Gasteiger partial charge on any atom is 0.0495 e. The van der Waals surface area contributed by atoms with E-state index in [9.17, 15) is 0 Å². The fourth-order valence-corrected chi connectivity index (χ4v) is 3.29. The van der Waals surface area contributed by atoms with E-state index < -0.39 is 0 Å². The summed E-state index contributed by atoms with van der Waals surface area (Å²) in [6.07, 6.45) is 8.24. The van der Waals surface area contributed by atoms with Crippen molar-refractivity contribution in [2.24, 2.45) is 17.8 Å². The van der Waals surface area contributed by atoms with Crippen LogP contribution in [0, 0.1) is 17.8 Å². The van der Waals surface area contributed by atoms with E-state index in [2.05, 4.69) is 19.2 Å². The maximum absolute atomic E-state index is 5.41. The second-order valence-electron chi connectivity index (χ2n) is 6.33. The quantitative estimate of drug-likeness (QED) is 0.795. The summed E-state index contributed by atoms with van der Waals surface area (Å²) in [4.78, 5) is 0. The number of ether oxygens (including phenoxy) is 1. The minimum absolute atomic E-state index is 0.798. The molecule has 0 radical (unpaired) electrons. The van der Waals surface area contributed by atoms with Gasteiger partial charge in [0.1, 0.15) is 0 Å². The van der Waals surface area contributed by atoms with Crippen molar-refractivity contribution in [2.75, 3.05) is 19.8 Å². The average molecular weight is 239 g/mol. The molecule has 100 valence electrons. The van der Waals surface area contributed by atoms with Crippen molar-refractivity contribution >= 4 is 0 Å². The van der Waals surface area contributed by atoms with Gasteiger partial charge in [-0.25, -0.2) is 0 Å². The highest BCUT2D eigenvalue weighted by molar-refractivity contribution is 4.79. The molecule has 1 saturated carbocycles. The Morgan fingerprint density at radius 3 is 2.47 bits per heavy atom. The zero-order valence-corrected chi connectivity index (χ0v) is 11.6. The Morgan fingerprint density at radius 2 is 1.88 bits per heavy atom. The summed E-state index contributed by atoms with van der Waals surface area (Å²) in [5.74, 6) is 2.69. The van der Waals surface area contributed by atoms with Gasteiger partial charge in [0, 0.05) is 19.3 Å². The van der Waals surface area contributed by atoms with E-state index in [1.165, 1.54) is 45.1 Å². The van der Waals surface area contributed by atoms with Crippen LogP contribution in [0.4, 0.5) is 0 Å². The standard InChI is InChI=1S/C15H29NO/c1-12(2)14-3-5-15(6-4-14)16-9-7-13-8-10-17-11-13/h12-16H,3-11H2,1-2H3. The highest BCUT2D eigenvalue weighted by Crippen LogP contribution is 2.29. The van der Waals surface area contributed by atoms with E-state index in [0.717, 1.165) is 37.0 Å². The molecule has 1 saturated heterocycles. The first kappa shape index (κ1) is 13.4. The molecule has 0 aromatic heterocycles. The van der Waals surface area contributed by atoms with Gasteiger partial charge in [-0.3, -0.25) is 0 Å². The van der Waals surface area contributed by atoms with Crippen LogP contribution in [-0.4, -0.2) is 25.8 Å². The van der Waals surface area contributed by atoms with Gasteiger partial charge in [-0.05, 0) is 62.8 Å². The van der Waals surface area contributed by atoms with Crippen LogP contribution >= 0.6 is 0 Å². The van der Waals surface area contributed by atoms with Gasteiger partial charge in [0.25, 0.3) is 0 Å². The van der Waals surface area contributed by atoms with Crippen LogP contribution in [0.1, 0.15) is 52.4 Å². The molecule has 0 aromatic carbocycles. The Kier molecular flexibility index (Phi) is 5.30. The maximum atomic E-state index is 5.41. The van der Waals surface area contributed by atoms with Gasteiger partial charge < -0.3 is 10.1 Å². The Morgan fingerprint density at radius 1 is 1.12 bits per heavy atom. The summed E-state index contributed by atoms with van der Waals surface area (Å²) >= 11 is 0. The molecular weight excluding hydrogens is 210 g/mol. The van der Waals surface area contributed by atoms with Crippen molar-refractivity contribution < 1.29 is 4.74 Å². The first-order chi connectivity index (χ1) is 8.25. The third kappa shape index (κ3) is 4.26. The molecule has 2 rings (SSSR count). The predicted octanol–water partition coefficient (Wildman–Crippen LogP) is 3.22. The van der Waals surface area contributed by atoms with Crippen molar-refractivity contribution in [3.05, 3.63) is 0 Å². The van der Waals surface area contributed by atoms with Crippen LogP contribution < -0.4 is 5.32 Å². The highest BCUT2D eigenvalue weighted by atomic mass is 16.5. The van der Waals surface area contributed by atoms with Crippen LogP contribution in [0.25, 0.3) is 0 Å². The lowest BCUT2D eigenvalue weighted by molar-refractivity contribution is 0.183. The van der Waals surface area contributed by atoms with Gasteiger partial charge in [-0.2, -0.15) is 0 Å². The molecule has 0 bridgehead atoms. The van der Waals surface area contributed by atoms with Crippen molar-refractivity contribution in [2.45, 2.75) is 58.4 Å². The summed E-state index contributed by atoms with van der Waals surface area (Å²) in [5.41, 5.74) is 0. The van der Waals surface area contributed by atoms with Crippen molar-refractivity contribution in [3.63, 3.8) is 0 Å². The molecule has 2 heteroatoms. The van der Waals surface area contributed by atoms with Crippen molar-refractivity contribution in [1.82, 2.24) is 5.32 Å². The number of rotatable bonds is 5. The van der Waals surface area contributed by atoms with Crippen LogP contribution in [0.2, 0.25) is 0 Å². The lowest BCUT2D eigenvalue weighted by Crippen LogP contribution is -2.35. The zero-order chi connectivity index (χ0) is 12.1. The molecule has 2 nitrogen and oxygen atoms in total. The molecule has 1 unspecified atom stereocenters. The summed E-state index contributed by atoms with van der Waals surface area (Å²) in [5, 5.41) is 3.75. The molecule has 1 aliphatic heterocycles. The van der Waals surface area contributed by atoms with E-state index in [4.69, 9.17) is 4.74 Å². The van der Waals surface area contributed by atoms with Crippen LogP contribution in [-0.2, 0) is 4.74 Å². The molecule has 0 spiro atoms. The third-order valence-electron chi connectivity index (χ3n) is 4.72. The minimum Gasteiger partial charge on any atom is -0.381 e. The monoisotopic (exact) mass is 239 g/mol. The number of nitrogens with one attached hydrogen (secondary N) is 1. The van der Waals surface area contributed by atoms with Gasteiger partial charge in [-0.15, -0.1) is 0 Å².